The molecule has 27 heavy (non-hydrogen) atoms. The molecule has 0 radical (unpaired) electrons. The van der Waals surface area contributed by atoms with Crippen LogP contribution in [0.15, 0.2) is 52.8 Å². The minimum atomic E-state index is 0. The number of benzene rings is 1. The fraction of sp³-hybridized carbons (Fsp3) is 0.450. The van der Waals surface area contributed by atoms with E-state index in [0.717, 1.165) is 31.9 Å². The normalized spacial score (nSPS) is 16.5. The first-order valence-corrected chi connectivity index (χ1v) is 10.0. The minimum Gasteiger partial charge on any atom is -0.375 e. The summed E-state index contributed by atoms with van der Waals surface area (Å²) in [7, 11) is 3.57. The monoisotopic (exact) mass is 500 g/mol. The number of hydrogen-bond acceptors (Lipinski definition) is 4. The first kappa shape index (κ1) is 22.0. The van der Waals surface area contributed by atoms with Crippen molar-refractivity contribution >= 4 is 46.3 Å². The Morgan fingerprint density at radius 1 is 1.22 bits per heavy atom. The van der Waals surface area contributed by atoms with Crippen molar-refractivity contribution in [2.24, 2.45) is 4.99 Å². The zero-order valence-corrected chi connectivity index (χ0v) is 19.1. The predicted octanol–water partition coefficient (Wildman–Crippen LogP) is 3.89. The van der Waals surface area contributed by atoms with Gasteiger partial charge in [0, 0.05) is 39.8 Å². The maximum absolute atomic E-state index is 5.63. The Morgan fingerprint density at radius 3 is 2.56 bits per heavy atom. The molecule has 1 aliphatic rings. The van der Waals surface area contributed by atoms with Gasteiger partial charge < -0.3 is 20.3 Å². The van der Waals surface area contributed by atoms with Crippen molar-refractivity contribution in [1.82, 2.24) is 10.6 Å². The van der Waals surface area contributed by atoms with Gasteiger partial charge in [-0.05, 0) is 35.9 Å². The average Bonchev–Trinajstić information content (AvgIpc) is 3.23. The van der Waals surface area contributed by atoms with Crippen LogP contribution in [0.5, 0.6) is 0 Å². The molecule has 7 heteroatoms. The summed E-state index contributed by atoms with van der Waals surface area (Å²) in [6.07, 6.45) is 2.24. The Kier molecular flexibility index (Phi) is 9.36. The highest BCUT2D eigenvalue weighted by atomic mass is 127. The predicted molar refractivity (Wildman–Crippen MR) is 126 cm³/mol. The molecule has 1 atom stereocenters. The lowest BCUT2D eigenvalue weighted by molar-refractivity contribution is 0.106. The van der Waals surface area contributed by atoms with Gasteiger partial charge in [-0.15, -0.1) is 35.3 Å². The second-order valence-corrected chi connectivity index (χ2v) is 7.37. The molecule has 2 heterocycles. The molecule has 1 fully saturated rings. The molecule has 1 unspecified atom stereocenters. The van der Waals surface area contributed by atoms with E-state index < -0.39 is 0 Å². The molecule has 2 N–H and O–H groups in total. The molecule has 148 valence electrons. The third-order valence-corrected chi connectivity index (χ3v) is 5.72. The van der Waals surface area contributed by atoms with E-state index in [1.807, 2.05) is 36.6 Å². The van der Waals surface area contributed by atoms with Crippen molar-refractivity contribution in [2.75, 3.05) is 38.7 Å². The van der Waals surface area contributed by atoms with Crippen LogP contribution < -0.4 is 15.5 Å². The number of hydrogen-bond donors (Lipinski definition) is 2. The minimum absolute atomic E-state index is 0. The molecule has 2 aromatic rings. The van der Waals surface area contributed by atoms with Crippen LogP contribution >= 0.6 is 35.3 Å². The van der Waals surface area contributed by atoms with Crippen LogP contribution in [0.25, 0.3) is 0 Å². The molecular formula is C20H29IN4OS. The van der Waals surface area contributed by atoms with Crippen LogP contribution in [-0.4, -0.2) is 45.8 Å². The summed E-state index contributed by atoms with van der Waals surface area (Å²) in [4.78, 5) is 6.85. The maximum atomic E-state index is 5.63. The van der Waals surface area contributed by atoms with Gasteiger partial charge in [0.15, 0.2) is 5.96 Å². The molecule has 0 bridgehead atoms. The van der Waals surface area contributed by atoms with Crippen LogP contribution in [0.2, 0.25) is 0 Å². The van der Waals surface area contributed by atoms with Crippen LogP contribution in [0.4, 0.5) is 5.00 Å². The van der Waals surface area contributed by atoms with Crippen molar-refractivity contribution in [3.05, 3.63) is 53.4 Å². The number of methoxy groups -OCH3 is 1. The van der Waals surface area contributed by atoms with Gasteiger partial charge in [-0.3, -0.25) is 4.99 Å². The van der Waals surface area contributed by atoms with Crippen molar-refractivity contribution < 1.29 is 4.74 Å². The summed E-state index contributed by atoms with van der Waals surface area (Å²) < 4.78 is 5.63. The highest BCUT2D eigenvalue weighted by molar-refractivity contribution is 14.0. The summed E-state index contributed by atoms with van der Waals surface area (Å²) in [5.41, 5.74) is 1.17. The summed E-state index contributed by atoms with van der Waals surface area (Å²) in [5, 5.41) is 10.5. The Labute approximate surface area is 183 Å². The average molecular weight is 500 g/mol. The van der Waals surface area contributed by atoms with Crippen molar-refractivity contribution in [3.8, 4) is 0 Å². The quantitative estimate of drug-likeness (QED) is 0.359. The third-order valence-electron chi connectivity index (χ3n) is 4.79. The second-order valence-electron chi connectivity index (χ2n) is 6.45. The fourth-order valence-corrected chi connectivity index (χ4v) is 4.06. The molecule has 0 amide bonds. The number of rotatable bonds is 6. The van der Waals surface area contributed by atoms with Crippen molar-refractivity contribution in [2.45, 2.75) is 25.0 Å². The van der Waals surface area contributed by atoms with Crippen LogP contribution in [0.1, 0.15) is 24.5 Å². The van der Waals surface area contributed by atoms with Crippen molar-refractivity contribution in [1.29, 1.82) is 0 Å². The number of guanidine groups is 1. The van der Waals surface area contributed by atoms with Crippen LogP contribution in [-0.2, 0) is 4.74 Å². The largest absolute Gasteiger partial charge is 0.375 e. The molecule has 1 aromatic heterocycles. The van der Waals surface area contributed by atoms with Crippen molar-refractivity contribution in [3.63, 3.8) is 0 Å². The molecule has 0 aliphatic carbocycles. The van der Waals surface area contributed by atoms with Crippen LogP contribution in [0.3, 0.4) is 0 Å². The van der Waals surface area contributed by atoms with Gasteiger partial charge in [0.25, 0.3) is 0 Å². The number of anilines is 1. The van der Waals surface area contributed by atoms with E-state index in [2.05, 4.69) is 50.2 Å². The molecule has 0 spiro atoms. The number of ether oxygens (including phenoxy) is 1. The fourth-order valence-electron chi connectivity index (χ4n) is 3.28. The number of nitrogens with one attached hydrogen (secondary N) is 2. The number of nitrogens with zero attached hydrogens (tertiary/aromatic N) is 2. The lowest BCUT2D eigenvalue weighted by atomic mass is 10.1. The number of thiophene rings is 1. The molecule has 0 saturated carbocycles. The van der Waals surface area contributed by atoms with E-state index in [4.69, 9.17) is 4.74 Å². The Hall–Kier alpha value is -1.32. The van der Waals surface area contributed by atoms with Gasteiger partial charge >= 0.3 is 0 Å². The topological polar surface area (TPSA) is 48.9 Å². The van der Waals surface area contributed by atoms with Gasteiger partial charge in [0.1, 0.15) is 0 Å². The molecule has 1 aromatic carbocycles. The smallest absolute Gasteiger partial charge is 0.191 e. The number of halogens is 1. The first-order chi connectivity index (χ1) is 12.8. The van der Waals surface area contributed by atoms with Gasteiger partial charge in [0.2, 0.25) is 0 Å². The zero-order chi connectivity index (χ0) is 18.2. The molecule has 1 saturated heterocycles. The Balaban J connectivity index is 0.00000261. The van der Waals surface area contributed by atoms with Gasteiger partial charge in [-0.1, -0.05) is 30.3 Å². The highest BCUT2D eigenvalue weighted by Crippen LogP contribution is 2.24. The van der Waals surface area contributed by atoms with Gasteiger partial charge in [-0.25, -0.2) is 0 Å². The van der Waals surface area contributed by atoms with E-state index in [1.165, 1.54) is 10.6 Å². The third kappa shape index (κ3) is 6.36. The van der Waals surface area contributed by atoms with Gasteiger partial charge in [-0.2, -0.15) is 0 Å². The standard InChI is InChI=1S/C20H28N4OS.HI/c1-21-20(22-15-18(25-2)16-7-4-3-5-8-16)23-17-10-12-24(13-11-17)19-9-6-14-26-19;/h3-9,14,17-18H,10-13,15H2,1-2H3,(H2,21,22,23);1H. The lowest BCUT2D eigenvalue weighted by Gasteiger charge is -2.33. The van der Waals surface area contributed by atoms with E-state index in [-0.39, 0.29) is 30.1 Å². The zero-order valence-electron chi connectivity index (χ0n) is 15.9. The molecule has 1 aliphatic heterocycles. The number of piperidine rings is 1. The highest BCUT2D eigenvalue weighted by Gasteiger charge is 2.21. The summed E-state index contributed by atoms with van der Waals surface area (Å²) in [6.45, 7) is 2.86. The van der Waals surface area contributed by atoms with E-state index in [1.54, 1.807) is 7.11 Å². The summed E-state index contributed by atoms with van der Waals surface area (Å²) in [5.74, 6) is 0.845. The number of aliphatic imine (C=N–C) groups is 1. The van der Waals surface area contributed by atoms with E-state index in [9.17, 15) is 0 Å². The van der Waals surface area contributed by atoms with Crippen LogP contribution in [0, 0.1) is 0 Å². The van der Waals surface area contributed by atoms with Gasteiger partial charge in [0.05, 0.1) is 11.1 Å². The Morgan fingerprint density at radius 2 is 1.96 bits per heavy atom. The Bertz CT molecular complexity index is 673. The second kappa shape index (κ2) is 11.5. The van der Waals surface area contributed by atoms with E-state index >= 15 is 0 Å². The molecule has 5 nitrogen and oxygen atoms in total. The van der Waals surface area contributed by atoms with E-state index in [0.29, 0.717) is 12.6 Å². The summed E-state index contributed by atoms with van der Waals surface area (Å²) in [6, 6.07) is 15.1. The SMILES string of the molecule is CN=C(NCC(OC)c1ccccc1)NC1CCN(c2cccs2)CC1.I. The summed E-state index contributed by atoms with van der Waals surface area (Å²) >= 11 is 1.82. The lowest BCUT2D eigenvalue weighted by Crippen LogP contribution is -2.49. The molecule has 3 rings (SSSR count). The first-order valence-electron chi connectivity index (χ1n) is 9.13. The molecular weight excluding hydrogens is 471 g/mol. The maximum Gasteiger partial charge on any atom is 0.191 e.